The first-order valence-corrected chi connectivity index (χ1v) is 7.23. The van der Waals surface area contributed by atoms with Crippen LogP contribution in [0.3, 0.4) is 0 Å². The van der Waals surface area contributed by atoms with E-state index in [1.54, 1.807) is 6.92 Å². The van der Waals surface area contributed by atoms with E-state index in [1.807, 2.05) is 20.8 Å². The molecule has 6 nitrogen and oxygen atoms in total. The summed E-state index contributed by atoms with van der Waals surface area (Å²) in [4.78, 5) is 23.0. The number of nitrogens with zero attached hydrogens (tertiary/aromatic N) is 1. The third kappa shape index (κ3) is 5.21. The topological polar surface area (TPSA) is 84.2 Å². The average Bonchev–Trinajstić information content (AvgIpc) is 2.74. The molecule has 0 bridgehead atoms. The Labute approximate surface area is 125 Å². The molecular weight excluding hydrogens is 270 g/mol. The van der Waals surface area contributed by atoms with Gasteiger partial charge in [0.25, 0.3) is 5.91 Å². The van der Waals surface area contributed by atoms with Crippen LogP contribution < -0.4 is 10.6 Å². The number of nitrogens with one attached hydrogen (secondary N) is 2. The Morgan fingerprint density at radius 2 is 1.71 bits per heavy atom. The van der Waals surface area contributed by atoms with Gasteiger partial charge in [0.05, 0.1) is 0 Å². The summed E-state index contributed by atoms with van der Waals surface area (Å²) in [5, 5.41) is 9.60. The third-order valence-corrected chi connectivity index (χ3v) is 3.06. The van der Waals surface area contributed by atoms with Gasteiger partial charge in [-0.2, -0.15) is 0 Å². The molecule has 0 aliphatic rings. The highest BCUT2D eigenvalue weighted by Crippen LogP contribution is 2.26. The van der Waals surface area contributed by atoms with Crippen LogP contribution in [0.4, 0.5) is 0 Å². The minimum atomic E-state index is -0.240. The Morgan fingerprint density at radius 3 is 2.24 bits per heavy atom. The fraction of sp³-hybridized carbons (Fsp3) is 0.667. The number of aryl methyl sites for hydroxylation is 1. The van der Waals surface area contributed by atoms with Crippen LogP contribution in [0, 0.1) is 6.92 Å². The van der Waals surface area contributed by atoms with Crippen LogP contribution in [-0.4, -0.2) is 30.1 Å². The second kappa shape index (κ2) is 7.24. The van der Waals surface area contributed by atoms with E-state index in [0.29, 0.717) is 30.1 Å². The van der Waals surface area contributed by atoms with Gasteiger partial charge < -0.3 is 15.2 Å². The first-order chi connectivity index (χ1) is 9.73. The molecule has 1 aromatic rings. The van der Waals surface area contributed by atoms with Crippen LogP contribution in [0.15, 0.2) is 4.52 Å². The van der Waals surface area contributed by atoms with Crippen molar-refractivity contribution >= 4 is 11.8 Å². The fourth-order valence-electron chi connectivity index (χ4n) is 1.96. The van der Waals surface area contributed by atoms with Crippen LogP contribution in [-0.2, 0) is 10.2 Å². The van der Waals surface area contributed by atoms with Crippen LogP contribution in [0.2, 0.25) is 0 Å². The number of rotatable bonds is 6. The molecule has 1 rings (SSSR count). The normalized spacial score (nSPS) is 11.3. The third-order valence-electron chi connectivity index (χ3n) is 3.06. The smallest absolute Gasteiger partial charge is 0.256 e. The van der Waals surface area contributed by atoms with Crippen molar-refractivity contribution in [2.24, 2.45) is 0 Å². The SMILES string of the molecule is CC(=O)NCCCCNC(=O)c1c(C(C)(C)C)noc1C. The number of unbranched alkanes of at least 4 members (excludes halogenated alkanes) is 1. The van der Waals surface area contributed by atoms with Gasteiger partial charge in [-0.25, -0.2) is 0 Å². The number of aromatic nitrogens is 1. The summed E-state index contributed by atoms with van der Waals surface area (Å²) in [5.41, 5.74) is 0.968. The number of carbonyl (C=O) groups excluding carboxylic acids is 2. The maximum absolute atomic E-state index is 12.3. The lowest BCUT2D eigenvalue weighted by atomic mass is 9.88. The minimum absolute atomic E-state index is 0.0334. The van der Waals surface area contributed by atoms with E-state index < -0.39 is 0 Å². The molecule has 0 aliphatic carbocycles. The summed E-state index contributed by atoms with van der Waals surface area (Å²) in [6.45, 7) is 10.4. The van der Waals surface area contributed by atoms with Crippen molar-refractivity contribution in [3.63, 3.8) is 0 Å². The van der Waals surface area contributed by atoms with Gasteiger partial charge in [-0.1, -0.05) is 25.9 Å². The van der Waals surface area contributed by atoms with E-state index in [0.717, 1.165) is 12.8 Å². The zero-order valence-electron chi connectivity index (χ0n) is 13.5. The van der Waals surface area contributed by atoms with Gasteiger partial charge in [-0.05, 0) is 19.8 Å². The van der Waals surface area contributed by atoms with Gasteiger partial charge in [-0.3, -0.25) is 9.59 Å². The molecule has 0 radical (unpaired) electrons. The molecule has 0 aliphatic heterocycles. The van der Waals surface area contributed by atoms with Gasteiger partial charge in [0, 0.05) is 25.4 Å². The van der Waals surface area contributed by atoms with Crippen molar-refractivity contribution in [1.29, 1.82) is 0 Å². The number of carbonyl (C=O) groups is 2. The van der Waals surface area contributed by atoms with E-state index in [4.69, 9.17) is 4.52 Å². The molecule has 21 heavy (non-hydrogen) atoms. The summed E-state index contributed by atoms with van der Waals surface area (Å²) in [6, 6.07) is 0. The summed E-state index contributed by atoms with van der Waals surface area (Å²) in [7, 11) is 0. The molecule has 1 heterocycles. The van der Waals surface area contributed by atoms with Gasteiger partial charge >= 0.3 is 0 Å². The van der Waals surface area contributed by atoms with Crippen molar-refractivity contribution in [3.05, 3.63) is 17.0 Å². The predicted molar refractivity (Wildman–Crippen MR) is 80.2 cm³/mol. The highest BCUT2D eigenvalue weighted by molar-refractivity contribution is 5.96. The molecule has 118 valence electrons. The van der Waals surface area contributed by atoms with Crippen molar-refractivity contribution in [2.45, 2.75) is 52.9 Å². The number of hydrogen-bond acceptors (Lipinski definition) is 4. The first-order valence-electron chi connectivity index (χ1n) is 7.23. The number of hydrogen-bond donors (Lipinski definition) is 2. The van der Waals surface area contributed by atoms with Gasteiger partial charge in [0.1, 0.15) is 17.0 Å². The predicted octanol–water partition coefficient (Wildman–Crippen LogP) is 1.93. The summed E-state index contributed by atoms with van der Waals surface area (Å²) >= 11 is 0. The molecule has 0 aromatic carbocycles. The monoisotopic (exact) mass is 295 g/mol. The molecule has 6 heteroatoms. The van der Waals surface area contributed by atoms with Gasteiger partial charge in [0.15, 0.2) is 0 Å². The highest BCUT2D eigenvalue weighted by atomic mass is 16.5. The van der Waals surface area contributed by atoms with Crippen LogP contribution in [0.1, 0.15) is 62.3 Å². The lowest BCUT2D eigenvalue weighted by molar-refractivity contribution is -0.118. The molecule has 1 aromatic heterocycles. The molecule has 0 saturated heterocycles. The van der Waals surface area contributed by atoms with E-state index in [-0.39, 0.29) is 17.2 Å². The second-order valence-corrected chi connectivity index (χ2v) is 6.16. The van der Waals surface area contributed by atoms with Crippen molar-refractivity contribution < 1.29 is 14.1 Å². The van der Waals surface area contributed by atoms with Crippen molar-refractivity contribution in [3.8, 4) is 0 Å². The average molecular weight is 295 g/mol. The largest absolute Gasteiger partial charge is 0.361 e. The Hall–Kier alpha value is -1.85. The standard InChI is InChI=1S/C15H25N3O3/c1-10-12(13(18-21-10)15(3,4)5)14(20)17-9-7-6-8-16-11(2)19/h6-9H2,1-5H3,(H,16,19)(H,17,20). The fourth-order valence-corrected chi connectivity index (χ4v) is 1.96. The Balaban J connectivity index is 2.50. The summed E-state index contributed by atoms with van der Waals surface area (Å²) < 4.78 is 5.16. The zero-order chi connectivity index (χ0) is 16.0. The molecule has 0 atom stereocenters. The molecule has 0 saturated carbocycles. The lowest BCUT2D eigenvalue weighted by Crippen LogP contribution is -2.29. The summed E-state index contributed by atoms with van der Waals surface area (Å²) in [5.74, 6) is 0.350. The Bertz CT molecular complexity index is 501. The van der Waals surface area contributed by atoms with Gasteiger partial charge in [0.2, 0.25) is 5.91 Å². The van der Waals surface area contributed by atoms with E-state index in [9.17, 15) is 9.59 Å². The van der Waals surface area contributed by atoms with Gasteiger partial charge in [-0.15, -0.1) is 0 Å². The molecule has 0 fully saturated rings. The first kappa shape index (κ1) is 17.2. The Morgan fingerprint density at radius 1 is 1.14 bits per heavy atom. The molecule has 2 amide bonds. The molecule has 0 unspecified atom stereocenters. The van der Waals surface area contributed by atoms with Crippen molar-refractivity contribution in [2.75, 3.05) is 13.1 Å². The zero-order valence-corrected chi connectivity index (χ0v) is 13.5. The summed E-state index contributed by atoms with van der Waals surface area (Å²) in [6.07, 6.45) is 1.63. The van der Waals surface area contributed by atoms with Crippen LogP contribution >= 0.6 is 0 Å². The maximum atomic E-state index is 12.3. The quantitative estimate of drug-likeness (QED) is 0.785. The van der Waals surface area contributed by atoms with Crippen LogP contribution in [0.5, 0.6) is 0 Å². The van der Waals surface area contributed by atoms with E-state index >= 15 is 0 Å². The maximum Gasteiger partial charge on any atom is 0.256 e. The molecular formula is C15H25N3O3. The Kier molecular flexibility index (Phi) is 5.93. The second-order valence-electron chi connectivity index (χ2n) is 6.16. The number of amides is 2. The van der Waals surface area contributed by atoms with E-state index in [1.165, 1.54) is 6.92 Å². The lowest BCUT2D eigenvalue weighted by Gasteiger charge is -2.16. The van der Waals surface area contributed by atoms with Crippen molar-refractivity contribution in [1.82, 2.24) is 15.8 Å². The molecule has 2 N–H and O–H groups in total. The minimum Gasteiger partial charge on any atom is -0.361 e. The van der Waals surface area contributed by atoms with E-state index in [2.05, 4.69) is 15.8 Å². The van der Waals surface area contributed by atoms with Crippen LogP contribution in [0.25, 0.3) is 0 Å². The molecule has 0 spiro atoms. The highest BCUT2D eigenvalue weighted by Gasteiger charge is 2.28.